The second kappa shape index (κ2) is 7.86. The average Bonchev–Trinajstić information content (AvgIpc) is 2.67. The van der Waals surface area contributed by atoms with Gasteiger partial charge in [-0.3, -0.25) is 9.10 Å². The number of amides is 1. The number of hydrogen-bond acceptors (Lipinski definition) is 3. The fourth-order valence-electron chi connectivity index (χ4n) is 2.96. The zero-order valence-electron chi connectivity index (χ0n) is 16.0. The van der Waals surface area contributed by atoms with E-state index >= 15 is 0 Å². The molecule has 0 unspecified atom stereocenters. The summed E-state index contributed by atoms with van der Waals surface area (Å²) in [6.07, 6.45) is 0. The van der Waals surface area contributed by atoms with Gasteiger partial charge in [-0.05, 0) is 73.5 Å². The second-order valence-electron chi connectivity index (χ2n) is 6.66. The highest BCUT2D eigenvalue weighted by Gasteiger charge is 2.21. The molecule has 0 aliphatic carbocycles. The second-order valence-corrected chi connectivity index (χ2v) is 8.63. The third-order valence-electron chi connectivity index (χ3n) is 4.37. The molecule has 3 rings (SSSR count). The minimum atomic E-state index is -3.70. The Bertz CT molecular complexity index is 1070. The highest BCUT2D eigenvalue weighted by atomic mass is 32.2. The first-order valence-corrected chi connectivity index (χ1v) is 10.2. The van der Waals surface area contributed by atoms with Crippen LogP contribution in [0.3, 0.4) is 0 Å². The van der Waals surface area contributed by atoms with E-state index in [0.29, 0.717) is 16.9 Å². The van der Waals surface area contributed by atoms with Crippen molar-refractivity contribution in [2.24, 2.45) is 0 Å². The summed E-state index contributed by atoms with van der Waals surface area (Å²) in [5, 5.41) is 2.85. The molecule has 0 saturated carbocycles. The predicted octanol–water partition coefficient (Wildman–Crippen LogP) is 4.38. The van der Waals surface area contributed by atoms with Crippen molar-refractivity contribution in [1.82, 2.24) is 0 Å². The molecule has 0 fully saturated rings. The number of hydrogen-bond donors (Lipinski definition) is 1. The van der Waals surface area contributed by atoms with Gasteiger partial charge in [0.15, 0.2) is 0 Å². The molecule has 144 valence electrons. The summed E-state index contributed by atoms with van der Waals surface area (Å²) in [7, 11) is -2.20. The van der Waals surface area contributed by atoms with Crippen LogP contribution in [0.15, 0.2) is 77.7 Å². The van der Waals surface area contributed by atoms with E-state index in [9.17, 15) is 13.2 Å². The molecule has 3 aromatic carbocycles. The molecular formula is C22H22N2O3S. The summed E-state index contributed by atoms with van der Waals surface area (Å²) in [6.45, 7) is 3.93. The van der Waals surface area contributed by atoms with E-state index in [2.05, 4.69) is 5.32 Å². The van der Waals surface area contributed by atoms with Crippen LogP contribution in [0.5, 0.6) is 0 Å². The van der Waals surface area contributed by atoms with Crippen molar-refractivity contribution in [3.05, 3.63) is 89.5 Å². The van der Waals surface area contributed by atoms with E-state index < -0.39 is 10.0 Å². The number of nitrogens with zero attached hydrogens (tertiary/aromatic N) is 1. The van der Waals surface area contributed by atoms with Crippen molar-refractivity contribution in [3.8, 4) is 0 Å². The van der Waals surface area contributed by atoms with Gasteiger partial charge >= 0.3 is 0 Å². The lowest BCUT2D eigenvalue weighted by atomic mass is 10.1. The minimum absolute atomic E-state index is 0.127. The van der Waals surface area contributed by atoms with Gasteiger partial charge in [0.2, 0.25) is 0 Å². The van der Waals surface area contributed by atoms with E-state index in [-0.39, 0.29) is 10.8 Å². The maximum atomic E-state index is 12.8. The van der Waals surface area contributed by atoms with Crippen molar-refractivity contribution >= 4 is 27.3 Å². The number of carbonyl (C=O) groups excluding carboxylic acids is 1. The first-order chi connectivity index (χ1) is 13.3. The topological polar surface area (TPSA) is 66.5 Å². The molecule has 0 bridgehead atoms. The lowest BCUT2D eigenvalue weighted by Crippen LogP contribution is -2.26. The summed E-state index contributed by atoms with van der Waals surface area (Å²) in [6, 6.07) is 20.6. The van der Waals surface area contributed by atoms with Gasteiger partial charge in [0.1, 0.15) is 0 Å². The first-order valence-electron chi connectivity index (χ1n) is 8.81. The monoisotopic (exact) mass is 394 g/mol. The molecular weight excluding hydrogens is 372 g/mol. The molecule has 0 heterocycles. The smallest absolute Gasteiger partial charge is 0.264 e. The lowest BCUT2D eigenvalue weighted by molar-refractivity contribution is 0.102. The van der Waals surface area contributed by atoms with Gasteiger partial charge in [0.25, 0.3) is 15.9 Å². The van der Waals surface area contributed by atoms with Crippen molar-refractivity contribution in [2.45, 2.75) is 18.7 Å². The van der Waals surface area contributed by atoms with E-state index in [1.165, 1.54) is 35.6 Å². The third kappa shape index (κ3) is 4.23. The first kappa shape index (κ1) is 19.6. The quantitative estimate of drug-likeness (QED) is 0.698. The fourth-order valence-corrected chi connectivity index (χ4v) is 4.16. The summed E-state index contributed by atoms with van der Waals surface area (Å²) in [5.74, 6) is -0.287. The molecule has 28 heavy (non-hydrogen) atoms. The Morgan fingerprint density at radius 3 is 2.00 bits per heavy atom. The van der Waals surface area contributed by atoms with Crippen LogP contribution in [0.25, 0.3) is 0 Å². The number of sulfonamides is 1. The van der Waals surface area contributed by atoms with Crippen LogP contribution in [0.4, 0.5) is 11.4 Å². The van der Waals surface area contributed by atoms with Gasteiger partial charge in [-0.2, -0.15) is 0 Å². The number of benzene rings is 3. The number of anilines is 2. The summed E-state index contributed by atoms with van der Waals surface area (Å²) < 4.78 is 26.8. The molecule has 0 aromatic heterocycles. The zero-order valence-corrected chi connectivity index (χ0v) is 16.8. The predicted molar refractivity (Wildman–Crippen MR) is 112 cm³/mol. The fraction of sp³-hybridized carbons (Fsp3) is 0.136. The number of aryl methyl sites for hydroxylation is 2. The molecule has 0 radical (unpaired) electrons. The third-order valence-corrected chi connectivity index (χ3v) is 6.17. The van der Waals surface area contributed by atoms with Crippen molar-refractivity contribution in [1.29, 1.82) is 0 Å². The Morgan fingerprint density at radius 1 is 0.857 bits per heavy atom. The van der Waals surface area contributed by atoms with Gasteiger partial charge in [0.05, 0.1) is 10.6 Å². The number of nitrogens with one attached hydrogen (secondary N) is 1. The molecule has 1 amide bonds. The summed E-state index contributed by atoms with van der Waals surface area (Å²) in [4.78, 5) is 12.6. The summed E-state index contributed by atoms with van der Waals surface area (Å²) >= 11 is 0. The molecule has 0 saturated heterocycles. The van der Waals surface area contributed by atoms with Crippen LogP contribution < -0.4 is 9.62 Å². The maximum Gasteiger partial charge on any atom is 0.264 e. The number of carbonyl (C=O) groups is 1. The van der Waals surface area contributed by atoms with Gasteiger partial charge < -0.3 is 5.32 Å². The van der Waals surface area contributed by atoms with Crippen LogP contribution in [0, 0.1) is 13.8 Å². The highest BCUT2D eigenvalue weighted by Crippen LogP contribution is 2.22. The molecule has 0 spiro atoms. The standard InChI is InChI=1S/C22H22N2O3S/c1-16-13-17(2)15-19(14-16)23-22(25)18-9-11-21(12-10-18)28(26,27)24(3)20-7-5-4-6-8-20/h4-15H,1-3H3,(H,23,25). The molecule has 6 heteroatoms. The van der Waals surface area contributed by atoms with Crippen molar-refractivity contribution in [3.63, 3.8) is 0 Å². The van der Waals surface area contributed by atoms with Crippen molar-refractivity contribution in [2.75, 3.05) is 16.7 Å². The van der Waals surface area contributed by atoms with E-state index in [4.69, 9.17) is 0 Å². The van der Waals surface area contributed by atoms with Gasteiger partial charge in [-0.25, -0.2) is 8.42 Å². The molecule has 5 nitrogen and oxygen atoms in total. The summed E-state index contributed by atoms with van der Waals surface area (Å²) in [5.41, 5.74) is 3.78. The molecule has 1 N–H and O–H groups in total. The average molecular weight is 394 g/mol. The Labute approximate surface area is 165 Å². The number of rotatable bonds is 5. The number of para-hydroxylation sites is 1. The van der Waals surface area contributed by atoms with Crippen LogP contribution >= 0.6 is 0 Å². The molecule has 0 aliphatic heterocycles. The van der Waals surface area contributed by atoms with E-state index in [1.54, 1.807) is 24.3 Å². The largest absolute Gasteiger partial charge is 0.322 e. The van der Waals surface area contributed by atoms with Gasteiger partial charge in [-0.1, -0.05) is 24.3 Å². The minimum Gasteiger partial charge on any atom is -0.322 e. The highest BCUT2D eigenvalue weighted by molar-refractivity contribution is 7.92. The molecule has 0 aliphatic rings. The van der Waals surface area contributed by atoms with Crippen LogP contribution in [0.1, 0.15) is 21.5 Å². The Balaban J connectivity index is 1.80. The zero-order chi connectivity index (χ0) is 20.3. The SMILES string of the molecule is Cc1cc(C)cc(NC(=O)c2ccc(S(=O)(=O)N(C)c3ccccc3)cc2)c1. The molecule has 3 aromatic rings. The maximum absolute atomic E-state index is 12.8. The van der Waals surface area contributed by atoms with Crippen LogP contribution in [0.2, 0.25) is 0 Å². The van der Waals surface area contributed by atoms with E-state index in [0.717, 1.165) is 11.1 Å². The van der Waals surface area contributed by atoms with E-state index in [1.807, 2.05) is 38.1 Å². The van der Waals surface area contributed by atoms with Crippen molar-refractivity contribution < 1.29 is 13.2 Å². The Morgan fingerprint density at radius 2 is 1.43 bits per heavy atom. The van der Waals surface area contributed by atoms with Crippen LogP contribution in [-0.4, -0.2) is 21.4 Å². The normalized spacial score (nSPS) is 11.1. The lowest BCUT2D eigenvalue weighted by Gasteiger charge is -2.19. The Hall–Kier alpha value is -3.12. The molecule has 0 atom stereocenters. The van der Waals surface area contributed by atoms with Crippen LogP contribution in [-0.2, 0) is 10.0 Å². The Kier molecular flexibility index (Phi) is 5.51. The van der Waals surface area contributed by atoms with Gasteiger partial charge in [0, 0.05) is 18.3 Å². The van der Waals surface area contributed by atoms with Gasteiger partial charge in [-0.15, -0.1) is 0 Å².